The lowest BCUT2D eigenvalue weighted by Crippen LogP contribution is -2.10. The molecule has 0 bridgehead atoms. The molecule has 1 aliphatic rings. The first-order chi connectivity index (χ1) is 7.56. The van der Waals surface area contributed by atoms with Gasteiger partial charge in [-0.05, 0) is 24.8 Å². The number of fused-ring (bicyclic) bond motifs is 1. The third-order valence-corrected chi connectivity index (χ3v) is 3.35. The van der Waals surface area contributed by atoms with Gasteiger partial charge < -0.3 is 10.3 Å². The van der Waals surface area contributed by atoms with Crippen molar-refractivity contribution in [3.63, 3.8) is 0 Å². The van der Waals surface area contributed by atoms with E-state index >= 15 is 0 Å². The van der Waals surface area contributed by atoms with Gasteiger partial charge in [0.1, 0.15) is 17.3 Å². The highest BCUT2D eigenvalue weighted by atomic mass is 15.1. The molecule has 84 valence electrons. The average Bonchev–Trinajstić information content (AvgIpc) is 2.63. The van der Waals surface area contributed by atoms with E-state index in [9.17, 15) is 0 Å². The van der Waals surface area contributed by atoms with Gasteiger partial charge in [-0.3, -0.25) is 0 Å². The normalized spacial score (nSPS) is 22.3. The predicted octanol–water partition coefficient (Wildman–Crippen LogP) is 2.48. The number of anilines is 1. The third kappa shape index (κ3) is 1.45. The number of hydrogen-bond donors (Lipinski definition) is 2. The molecule has 2 aromatic rings. The highest BCUT2D eigenvalue weighted by molar-refractivity contribution is 5.87. The fourth-order valence-electron chi connectivity index (χ4n) is 2.04. The molecule has 1 atom stereocenters. The van der Waals surface area contributed by atoms with Gasteiger partial charge in [0, 0.05) is 12.2 Å². The molecular formula is C12H16N4. The Morgan fingerprint density at radius 2 is 2.19 bits per heavy atom. The lowest BCUT2D eigenvalue weighted by Gasteiger charge is -2.08. The maximum atomic E-state index is 4.48. The molecule has 0 aromatic carbocycles. The van der Waals surface area contributed by atoms with E-state index in [1.807, 2.05) is 19.2 Å². The predicted molar refractivity (Wildman–Crippen MR) is 64.4 cm³/mol. The molecule has 3 rings (SSSR count). The molecule has 1 aliphatic carbocycles. The number of nitrogens with one attached hydrogen (secondary N) is 2. The van der Waals surface area contributed by atoms with Gasteiger partial charge in [-0.1, -0.05) is 13.8 Å². The summed E-state index contributed by atoms with van der Waals surface area (Å²) < 4.78 is 0. The van der Waals surface area contributed by atoms with Gasteiger partial charge in [-0.25, -0.2) is 9.97 Å². The molecule has 0 spiro atoms. The summed E-state index contributed by atoms with van der Waals surface area (Å²) in [5.41, 5.74) is 1.31. The molecule has 2 aromatic heterocycles. The van der Waals surface area contributed by atoms with Gasteiger partial charge >= 0.3 is 0 Å². The van der Waals surface area contributed by atoms with Crippen LogP contribution in [-0.2, 0) is 0 Å². The van der Waals surface area contributed by atoms with Crippen molar-refractivity contribution in [1.29, 1.82) is 0 Å². The molecule has 2 heterocycles. The summed E-state index contributed by atoms with van der Waals surface area (Å²) in [7, 11) is 0. The minimum atomic E-state index is 0.404. The zero-order valence-electron chi connectivity index (χ0n) is 9.83. The molecule has 0 amide bonds. The van der Waals surface area contributed by atoms with Crippen molar-refractivity contribution in [3.8, 4) is 0 Å². The van der Waals surface area contributed by atoms with Crippen molar-refractivity contribution in [3.05, 3.63) is 18.1 Å². The van der Waals surface area contributed by atoms with Crippen molar-refractivity contribution in [2.75, 3.05) is 5.32 Å². The van der Waals surface area contributed by atoms with Crippen LogP contribution in [-0.4, -0.2) is 21.0 Å². The van der Waals surface area contributed by atoms with Crippen LogP contribution in [0.25, 0.3) is 11.0 Å². The summed E-state index contributed by atoms with van der Waals surface area (Å²) >= 11 is 0. The Labute approximate surface area is 94.5 Å². The van der Waals surface area contributed by atoms with Gasteiger partial charge in [0.15, 0.2) is 0 Å². The van der Waals surface area contributed by atoms with E-state index < -0.39 is 0 Å². The summed E-state index contributed by atoms with van der Waals surface area (Å²) in [4.78, 5) is 12.0. The first-order valence-electron chi connectivity index (χ1n) is 5.64. The second-order valence-electron chi connectivity index (χ2n) is 5.25. The smallest absolute Gasteiger partial charge is 0.143 e. The van der Waals surface area contributed by atoms with Gasteiger partial charge in [-0.15, -0.1) is 0 Å². The van der Waals surface area contributed by atoms with Gasteiger partial charge in [-0.2, -0.15) is 0 Å². The molecule has 2 N–H and O–H groups in total. The summed E-state index contributed by atoms with van der Waals surface area (Å²) in [6, 6.07) is 2.56. The molecule has 16 heavy (non-hydrogen) atoms. The van der Waals surface area contributed by atoms with Crippen LogP contribution in [0.5, 0.6) is 0 Å². The van der Waals surface area contributed by atoms with E-state index in [-0.39, 0.29) is 0 Å². The molecule has 4 nitrogen and oxygen atoms in total. The quantitative estimate of drug-likeness (QED) is 0.810. The van der Waals surface area contributed by atoms with Crippen molar-refractivity contribution in [2.24, 2.45) is 5.41 Å². The largest absolute Gasteiger partial charge is 0.366 e. The Morgan fingerprint density at radius 1 is 1.44 bits per heavy atom. The SMILES string of the molecule is Cc1nc(N[C@H]2CC2(C)C)c2cc[nH]c2n1. The van der Waals surface area contributed by atoms with Crippen LogP contribution in [0.1, 0.15) is 26.1 Å². The Morgan fingerprint density at radius 3 is 2.88 bits per heavy atom. The number of hydrogen-bond acceptors (Lipinski definition) is 3. The number of rotatable bonds is 2. The number of aromatic amines is 1. The standard InChI is InChI=1S/C12H16N4/c1-7-14-10-8(4-5-13-10)11(15-7)16-9-6-12(9,2)3/h4-5,9H,6H2,1-3H3,(H2,13,14,15,16)/t9-/m0/s1. The lowest BCUT2D eigenvalue weighted by atomic mass is 10.2. The van der Waals surface area contributed by atoms with Gasteiger partial charge in [0.2, 0.25) is 0 Å². The lowest BCUT2D eigenvalue weighted by molar-refractivity contribution is 0.630. The topological polar surface area (TPSA) is 53.6 Å². The van der Waals surface area contributed by atoms with Crippen LogP contribution in [0.15, 0.2) is 12.3 Å². The highest BCUT2D eigenvalue weighted by Crippen LogP contribution is 2.46. The van der Waals surface area contributed by atoms with Gasteiger partial charge in [0.25, 0.3) is 0 Å². The zero-order chi connectivity index (χ0) is 11.3. The molecule has 0 unspecified atom stereocenters. The molecule has 4 heteroatoms. The van der Waals surface area contributed by atoms with Crippen LogP contribution in [0.2, 0.25) is 0 Å². The van der Waals surface area contributed by atoms with Crippen molar-refractivity contribution in [1.82, 2.24) is 15.0 Å². The number of nitrogens with zero attached hydrogens (tertiary/aromatic N) is 2. The minimum Gasteiger partial charge on any atom is -0.366 e. The van der Waals surface area contributed by atoms with E-state index in [1.165, 1.54) is 6.42 Å². The number of aromatic nitrogens is 3. The van der Waals surface area contributed by atoms with E-state index in [2.05, 4.69) is 34.1 Å². The van der Waals surface area contributed by atoms with E-state index in [0.717, 1.165) is 22.7 Å². The summed E-state index contributed by atoms with van der Waals surface area (Å²) in [5, 5.41) is 4.58. The third-order valence-electron chi connectivity index (χ3n) is 3.35. The first kappa shape index (κ1) is 9.63. The van der Waals surface area contributed by atoms with E-state index in [4.69, 9.17) is 0 Å². The fourth-order valence-corrected chi connectivity index (χ4v) is 2.04. The zero-order valence-corrected chi connectivity index (χ0v) is 9.83. The van der Waals surface area contributed by atoms with Gasteiger partial charge in [0.05, 0.1) is 5.39 Å². The average molecular weight is 216 g/mol. The number of aryl methyl sites for hydroxylation is 1. The van der Waals surface area contributed by atoms with Crippen LogP contribution >= 0.6 is 0 Å². The first-order valence-corrected chi connectivity index (χ1v) is 5.64. The van der Waals surface area contributed by atoms with Crippen LogP contribution < -0.4 is 5.32 Å². The van der Waals surface area contributed by atoms with Crippen molar-refractivity contribution < 1.29 is 0 Å². The summed E-state index contributed by atoms with van der Waals surface area (Å²) in [6.07, 6.45) is 3.12. The monoisotopic (exact) mass is 216 g/mol. The van der Waals surface area contributed by atoms with E-state index in [0.29, 0.717) is 11.5 Å². The molecule has 1 fully saturated rings. The Balaban J connectivity index is 1.99. The Kier molecular flexibility index (Phi) is 1.79. The van der Waals surface area contributed by atoms with Crippen molar-refractivity contribution in [2.45, 2.75) is 33.2 Å². The van der Waals surface area contributed by atoms with Crippen molar-refractivity contribution >= 4 is 16.9 Å². The molecular weight excluding hydrogens is 200 g/mol. The molecule has 0 aliphatic heterocycles. The second-order valence-corrected chi connectivity index (χ2v) is 5.25. The maximum absolute atomic E-state index is 4.48. The molecule has 1 saturated carbocycles. The van der Waals surface area contributed by atoms with E-state index in [1.54, 1.807) is 0 Å². The number of H-pyrrole nitrogens is 1. The Bertz CT molecular complexity index is 541. The Hall–Kier alpha value is -1.58. The van der Waals surface area contributed by atoms with Crippen LogP contribution in [0.4, 0.5) is 5.82 Å². The second kappa shape index (κ2) is 2.97. The van der Waals surface area contributed by atoms with Crippen LogP contribution in [0, 0.1) is 12.3 Å². The fraction of sp³-hybridized carbons (Fsp3) is 0.500. The summed E-state index contributed by atoms with van der Waals surface area (Å²) in [5.74, 6) is 1.76. The maximum Gasteiger partial charge on any atom is 0.143 e. The highest BCUT2D eigenvalue weighted by Gasteiger charge is 2.46. The molecule has 0 radical (unpaired) electrons. The molecule has 0 saturated heterocycles. The van der Waals surface area contributed by atoms with Crippen LogP contribution in [0.3, 0.4) is 0 Å². The summed E-state index contributed by atoms with van der Waals surface area (Å²) in [6.45, 7) is 6.46. The minimum absolute atomic E-state index is 0.404.